The van der Waals surface area contributed by atoms with E-state index in [1.165, 1.54) is 11.1 Å². The minimum absolute atomic E-state index is 0.150. The molecule has 3 heteroatoms. The predicted octanol–water partition coefficient (Wildman–Crippen LogP) is 2.58. The minimum atomic E-state index is -0.668. The van der Waals surface area contributed by atoms with Gasteiger partial charge in [0, 0.05) is 11.7 Å². The van der Waals surface area contributed by atoms with E-state index >= 15 is 0 Å². The zero-order valence-corrected chi connectivity index (χ0v) is 9.66. The fraction of sp³-hybridized carbons (Fsp3) is 0.462. The number of rotatable bonds is 3. The first-order chi connectivity index (χ1) is 7.54. The first-order valence-electron chi connectivity index (χ1n) is 5.62. The first kappa shape index (κ1) is 11.0. The molecule has 0 amide bonds. The van der Waals surface area contributed by atoms with Crippen LogP contribution in [0.3, 0.4) is 0 Å². The van der Waals surface area contributed by atoms with Gasteiger partial charge in [-0.15, -0.1) is 0 Å². The molecule has 0 unspecified atom stereocenters. The highest BCUT2D eigenvalue weighted by atomic mass is 16.4. The average molecular weight is 219 g/mol. The summed E-state index contributed by atoms with van der Waals surface area (Å²) in [7, 11) is 0. The molecule has 0 radical (unpaired) electrons. The van der Waals surface area contributed by atoms with E-state index in [1.54, 1.807) is 0 Å². The second-order valence-corrected chi connectivity index (χ2v) is 4.72. The topological polar surface area (TPSA) is 49.3 Å². The molecule has 16 heavy (non-hydrogen) atoms. The van der Waals surface area contributed by atoms with E-state index in [0.29, 0.717) is 6.04 Å². The Morgan fingerprint density at radius 3 is 2.31 bits per heavy atom. The van der Waals surface area contributed by atoms with E-state index < -0.39 is 5.97 Å². The van der Waals surface area contributed by atoms with Crippen LogP contribution in [0.1, 0.15) is 24.0 Å². The van der Waals surface area contributed by atoms with Gasteiger partial charge in [0.05, 0.1) is 5.92 Å². The zero-order valence-electron chi connectivity index (χ0n) is 9.66. The van der Waals surface area contributed by atoms with E-state index in [0.717, 1.165) is 18.5 Å². The molecule has 0 heterocycles. The summed E-state index contributed by atoms with van der Waals surface area (Å²) in [5.41, 5.74) is 3.57. The van der Waals surface area contributed by atoms with Gasteiger partial charge in [0.1, 0.15) is 0 Å². The summed E-state index contributed by atoms with van der Waals surface area (Å²) in [6, 6.07) is 6.65. The third kappa shape index (κ3) is 2.35. The van der Waals surface area contributed by atoms with Crippen molar-refractivity contribution in [3.63, 3.8) is 0 Å². The monoisotopic (exact) mass is 219 g/mol. The van der Waals surface area contributed by atoms with Gasteiger partial charge in [0.2, 0.25) is 0 Å². The molecule has 0 atom stereocenters. The molecule has 1 fully saturated rings. The molecule has 2 rings (SSSR count). The molecule has 3 nitrogen and oxygen atoms in total. The van der Waals surface area contributed by atoms with Gasteiger partial charge < -0.3 is 10.4 Å². The maximum Gasteiger partial charge on any atom is 0.306 e. The molecule has 0 aliphatic heterocycles. The van der Waals surface area contributed by atoms with E-state index in [9.17, 15) is 4.79 Å². The van der Waals surface area contributed by atoms with Crippen LogP contribution in [0.4, 0.5) is 5.69 Å². The summed E-state index contributed by atoms with van der Waals surface area (Å²) in [6.07, 6.45) is 1.48. The lowest BCUT2D eigenvalue weighted by molar-refractivity contribution is -0.144. The fourth-order valence-electron chi connectivity index (χ4n) is 2.23. The Kier molecular flexibility index (Phi) is 2.86. The summed E-state index contributed by atoms with van der Waals surface area (Å²) in [4.78, 5) is 10.7. The number of carboxylic acids is 1. The molecule has 1 aromatic rings. The third-order valence-corrected chi connectivity index (χ3v) is 3.08. The predicted molar refractivity (Wildman–Crippen MR) is 63.7 cm³/mol. The Morgan fingerprint density at radius 1 is 1.25 bits per heavy atom. The summed E-state index contributed by atoms with van der Waals surface area (Å²) in [5.74, 6) is -0.818. The number of aryl methyl sites for hydroxylation is 2. The standard InChI is InChI=1S/C13H17NO2/c1-8-3-9(2)5-11(4-8)14-12-6-10(7-12)13(15)16/h3-5,10,12,14H,6-7H2,1-2H3,(H,15,16). The quantitative estimate of drug-likeness (QED) is 0.821. The van der Waals surface area contributed by atoms with Gasteiger partial charge in [-0.2, -0.15) is 0 Å². The van der Waals surface area contributed by atoms with Crippen LogP contribution < -0.4 is 5.32 Å². The number of aliphatic carboxylic acids is 1. The normalized spacial score (nSPS) is 23.6. The van der Waals surface area contributed by atoms with Gasteiger partial charge in [-0.25, -0.2) is 0 Å². The molecule has 0 bridgehead atoms. The number of hydrogen-bond acceptors (Lipinski definition) is 2. The van der Waals surface area contributed by atoms with Crippen LogP contribution >= 0.6 is 0 Å². The van der Waals surface area contributed by atoms with Crippen LogP contribution in [0.25, 0.3) is 0 Å². The van der Waals surface area contributed by atoms with Gasteiger partial charge in [-0.1, -0.05) is 6.07 Å². The lowest BCUT2D eigenvalue weighted by Crippen LogP contribution is -2.39. The molecule has 0 spiro atoms. The highest BCUT2D eigenvalue weighted by Gasteiger charge is 2.34. The second-order valence-electron chi connectivity index (χ2n) is 4.72. The molecule has 1 aromatic carbocycles. The van der Waals surface area contributed by atoms with E-state index in [-0.39, 0.29) is 5.92 Å². The molecule has 0 saturated heterocycles. The van der Waals surface area contributed by atoms with Crippen molar-refractivity contribution in [3.8, 4) is 0 Å². The Bertz CT molecular complexity index is 388. The number of carboxylic acid groups (broad SMARTS) is 1. The Balaban J connectivity index is 1.94. The Morgan fingerprint density at radius 2 is 1.81 bits per heavy atom. The first-order valence-corrected chi connectivity index (χ1v) is 5.62. The van der Waals surface area contributed by atoms with Gasteiger partial charge in [-0.3, -0.25) is 4.79 Å². The van der Waals surface area contributed by atoms with Gasteiger partial charge >= 0.3 is 5.97 Å². The van der Waals surface area contributed by atoms with Gasteiger partial charge in [0.25, 0.3) is 0 Å². The largest absolute Gasteiger partial charge is 0.481 e. The van der Waals surface area contributed by atoms with Crippen molar-refractivity contribution in [1.82, 2.24) is 0 Å². The van der Waals surface area contributed by atoms with Crippen molar-refractivity contribution < 1.29 is 9.90 Å². The molecule has 2 N–H and O–H groups in total. The van der Waals surface area contributed by atoms with Gasteiger partial charge in [0.15, 0.2) is 0 Å². The zero-order chi connectivity index (χ0) is 11.7. The molecule has 1 aliphatic carbocycles. The van der Waals surface area contributed by atoms with Crippen molar-refractivity contribution in [3.05, 3.63) is 29.3 Å². The maximum atomic E-state index is 10.7. The summed E-state index contributed by atoms with van der Waals surface area (Å²) < 4.78 is 0. The molecule has 86 valence electrons. The van der Waals surface area contributed by atoms with Crippen molar-refractivity contribution in [2.45, 2.75) is 32.7 Å². The number of nitrogens with one attached hydrogen (secondary N) is 1. The molecular formula is C13H17NO2. The highest BCUT2D eigenvalue weighted by molar-refractivity contribution is 5.71. The summed E-state index contributed by atoms with van der Waals surface area (Å²) in [6.45, 7) is 4.14. The number of hydrogen-bond donors (Lipinski definition) is 2. The van der Waals surface area contributed by atoms with Crippen LogP contribution in [0, 0.1) is 19.8 Å². The lowest BCUT2D eigenvalue weighted by atomic mass is 9.80. The Hall–Kier alpha value is -1.51. The van der Waals surface area contributed by atoms with E-state index in [2.05, 4.69) is 37.4 Å². The average Bonchev–Trinajstić information content (AvgIpc) is 2.08. The number of anilines is 1. The molecule has 1 saturated carbocycles. The fourth-order valence-corrected chi connectivity index (χ4v) is 2.23. The third-order valence-electron chi connectivity index (χ3n) is 3.08. The van der Waals surface area contributed by atoms with Crippen LogP contribution in [0.5, 0.6) is 0 Å². The van der Waals surface area contributed by atoms with Crippen LogP contribution in [-0.2, 0) is 4.79 Å². The van der Waals surface area contributed by atoms with Gasteiger partial charge in [-0.05, 0) is 49.9 Å². The van der Waals surface area contributed by atoms with E-state index in [1.807, 2.05) is 0 Å². The van der Waals surface area contributed by atoms with Crippen molar-refractivity contribution in [1.29, 1.82) is 0 Å². The van der Waals surface area contributed by atoms with E-state index in [4.69, 9.17) is 5.11 Å². The molecule has 1 aliphatic rings. The summed E-state index contributed by atoms with van der Waals surface area (Å²) in [5, 5.41) is 12.2. The second kappa shape index (κ2) is 4.16. The maximum absolute atomic E-state index is 10.7. The number of carbonyl (C=O) groups is 1. The van der Waals surface area contributed by atoms with Crippen molar-refractivity contribution in [2.75, 3.05) is 5.32 Å². The highest BCUT2D eigenvalue weighted by Crippen LogP contribution is 2.30. The van der Waals surface area contributed by atoms with Crippen molar-refractivity contribution in [2.24, 2.45) is 5.92 Å². The summed E-state index contributed by atoms with van der Waals surface area (Å²) >= 11 is 0. The lowest BCUT2D eigenvalue weighted by Gasteiger charge is -2.33. The van der Waals surface area contributed by atoms with Crippen LogP contribution in [0.2, 0.25) is 0 Å². The number of benzene rings is 1. The molecule has 0 aromatic heterocycles. The smallest absolute Gasteiger partial charge is 0.306 e. The Labute approximate surface area is 95.5 Å². The van der Waals surface area contributed by atoms with Crippen LogP contribution in [-0.4, -0.2) is 17.1 Å². The molecular weight excluding hydrogens is 202 g/mol. The van der Waals surface area contributed by atoms with Crippen molar-refractivity contribution >= 4 is 11.7 Å². The SMILES string of the molecule is Cc1cc(C)cc(NC2CC(C(=O)O)C2)c1. The van der Waals surface area contributed by atoms with Crippen LogP contribution in [0.15, 0.2) is 18.2 Å². The minimum Gasteiger partial charge on any atom is -0.481 e.